The second-order valence-electron chi connectivity index (χ2n) is 4.71. The number of hydrogen-bond donors (Lipinski definition) is 0. The maximum absolute atomic E-state index is 13.4. The third-order valence-electron chi connectivity index (χ3n) is 2.92. The Kier molecular flexibility index (Phi) is 4.82. The van der Waals surface area contributed by atoms with Crippen molar-refractivity contribution >= 4 is 11.6 Å². The predicted octanol–water partition coefficient (Wildman–Crippen LogP) is 3.22. The zero-order valence-corrected chi connectivity index (χ0v) is 11.6. The van der Waals surface area contributed by atoms with E-state index in [-0.39, 0.29) is 18.0 Å². The van der Waals surface area contributed by atoms with Gasteiger partial charge in [0.2, 0.25) is 5.78 Å². The molecule has 21 heavy (non-hydrogen) atoms. The molecular formula is C17H15FO3. The lowest BCUT2D eigenvalue weighted by Gasteiger charge is -2.07. The van der Waals surface area contributed by atoms with Crippen LogP contribution in [-0.2, 0) is 11.2 Å². The molecule has 2 aromatic carbocycles. The summed E-state index contributed by atoms with van der Waals surface area (Å²) in [5.74, 6) is -0.380. The second kappa shape index (κ2) is 6.79. The maximum atomic E-state index is 13.4. The lowest BCUT2D eigenvalue weighted by atomic mass is 10.1. The largest absolute Gasteiger partial charge is 0.485 e. The van der Waals surface area contributed by atoms with Crippen LogP contribution in [0.25, 0.3) is 0 Å². The fourth-order valence-electron chi connectivity index (χ4n) is 1.90. The molecule has 0 unspecified atom stereocenters. The molecule has 0 N–H and O–H groups in total. The number of ketones is 2. The van der Waals surface area contributed by atoms with Crippen molar-refractivity contribution in [2.45, 2.75) is 13.3 Å². The summed E-state index contributed by atoms with van der Waals surface area (Å²) < 4.78 is 18.8. The summed E-state index contributed by atoms with van der Waals surface area (Å²) in [5.41, 5.74) is 0.904. The number of Topliss-reactive ketones (excluding diaryl/α,β-unsaturated/α-hetero) is 2. The molecule has 0 fully saturated rings. The van der Waals surface area contributed by atoms with Crippen molar-refractivity contribution in [3.8, 4) is 5.75 Å². The molecule has 0 atom stereocenters. The number of carbonyl (C=O) groups excluding carboxylic acids is 2. The first-order valence-electron chi connectivity index (χ1n) is 6.55. The Bertz CT molecular complexity index is 647. The molecule has 0 bridgehead atoms. The van der Waals surface area contributed by atoms with Gasteiger partial charge in [-0.3, -0.25) is 9.59 Å². The highest BCUT2D eigenvalue weighted by Gasteiger charge is 2.11. The van der Waals surface area contributed by atoms with E-state index in [1.54, 1.807) is 30.3 Å². The van der Waals surface area contributed by atoms with E-state index in [2.05, 4.69) is 0 Å². The number of benzene rings is 2. The number of rotatable bonds is 6. The van der Waals surface area contributed by atoms with Crippen LogP contribution in [0, 0.1) is 5.82 Å². The van der Waals surface area contributed by atoms with Crippen LogP contribution in [0.1, 0.15) is 22.8 Å². The van der Waals surface area contributed by atoms with Gasteiger partial charge in [-0.15, -0.1) is 0 Å². The van der Waals surface area contributed by atoms with E-state index in [1.807, 2.05) is 0 Å². The van der Waals surface area contributed by atoms with Gasteiger partial charge in [-0.05, 0) is 36.8 Å². The maximum Gasteiger partial charge on any atom is 0.203 e. The molecule has 0 saturated heterocycles. The highest BCUT2D eigenvalue weighted by atomic mass is 19.1. The van der Waals surface area contributed by atoms with Crippen LogP contribution in [0.5, 0.6) is 5.75 Å². The minimum Gasteiger partial charge on any atom is -0.485 e. The quantitative estimate of drug-likeness (QED) is 0.766. The fraction of sp³-hybridized carbons (Fsp3) is 0.176. The van der Waals surface area contributed by atoms with E-state index in [9.17, 15) is 14.0 Å². The van der Waals surface area contributed by atoms with Crippen LogP contribution in [-0.4, -0.2) is 18.2 Å². The Morgan fingerprint density at radius 3 is 2.33 bits per heavy atom. The first-order chi connectivity index (χ1) is 10.1. The number of ether oxygens (including phenoxy) is 1. The van der Waals surface area contributed by atoms with Crippen molar-refractivity contribution < 1.29 is 18.7 Å². The molecule has 2 aromatic rings. The number of halogens is 1. The van der Waals surface area contributed by atoms with E-state index in [0.717, 1.165) is 5.56 Å². The highest BCUT2D eigenvalue weighted by Crippen LogP contribution is 2.14. The molecule has 2 rings (SSSR count). The standard InChI is InChI=1S/C17H15FO3/c1-12(19)10-13-6-8-14(9-7-13)21-11-17(20)15-4-2-3-5-16(15)18/h2-9H,10-11H2,1H3. The Morgan fingerprint density at radius 2 is 1.71 bits per heavy atom. The minimum absolute atomic E-state index is 0.0192. The third kappa shape index (κ3) is 4.24. The van der Waals surface area contributed by atoms with Gasteiger partial charge in [0.25, 0.3) is 0 Å². The van der Waals surface area contributed by atoms with Gasteiger partial charge in [-0.1, -0.05) is 24.3 Å². The molecule has 0 heterocycles. The summed E-state index contributed by atoms with van der Waals surface area (Å²) in [5, 5.41) is 0. The molecule has 3 nitrogen and oxygen atoms in total. The minimum atomic E-state index is -0.553. The van der Waals surface area contributed by atoms with Gasteiger partial charge in [0.15, 0.2) is 6.61 Å². The summed E-state index contributed by atoms with van der Waals surface area (Å²) in [4.78, 5) is 22.8. The first kappa shape index (κ1) is 14.9. The number of carbonyl (C=O) groups is 2. The van der Waals surface area contributed by atoms with Crippen LogP contribution >= 0.6 is 0 Å². The summed E-state index contributed by atoms with van der Waals surface area (Å²) in [7, 11) is 0. The second-order valence-corrected chi connectivity index (χ2v) is 4.71. The van der Waals surface area contributed by atoms with Gasteiger partial charge in [0.05, 0.1) is 5.56 Å². The van der Waals surface area contributed by atoms with Gasteiger partial charge in [0, 0.05) is 6.42 Å². The van der Waals surface area contributed by atoms with E-state index in [0.29, 0.717) is 12.2 Å². The van der Waals surface area contributed by atoms with Crippen molar-refractivity contribution in [1.82, 2.24) is 0 Å². The van der Waals surface area contributed by atoms with E-state index in [4.69, 9.17) is 4.74 Å². The SMILES string of the molecule is CC(=O)Cc1ccc(OCC(=O)c2ccccc2F)cc1. The van der Waals surface area contributed by atoms with Crippen LogP contribution in [0.15, 0.2) is 48.5 Å². The van der Waals surface area contributed by atoms with E-state index in [1.165, 1.54) is 25.1 Å². The molecule has 0 spiro atoms. The predicted molar refractivity (Wildman–Crippen MR) is 77.1 cm³/mol. The zero-order valence-electron chi connectivity index (χ0n) is 11.6. The Hall–Kier alpha value is -2.49. The molecule has 0 amide bonds. The van der Waals surface area contributed by atoms with Gasteiger partial charge in [0.1, 0.15) is 17.3 Å². The molecule has 0 radical (unpaired) electrons. The van der Waals surface area contributed by atoms with Crippen molar-refractivity contribution in [2.24, 2.45) is 0 Å². The Balaban J connectivity index is 1.95. The average Bonchev–Trinajstić information content (AvgIpc) is 2.46. The molecule has 0 saturated carbocycles. The van der Waals surface area contributed by atoms with Crippen molar-refractivity contribution in [2.75, 3.05) is 6.61 Å². The van der Waals surface area contributed by atoms with Crippen LogP contribution < -0.4 is 4.74 Å². The molecule has 4 heteroatoms. The number of hydrogen-bond acceptors (Lipinski definition) is 3. The van der Waals surface area contributed by atoms with Crippen molar-refractivity contribution in [3.63, 3.8) is 0 Å². The molecule has 0 aliphatic rings. The van der Waals surface area contributed by atoms with Crippen LogP contribution in [0.3, 0.4) is 0 Å². The van der Waals surface area contributed by atoms with Crippen LogP contribution in [0.2, 0.25) is 0 Å². The zero-order chi connectivity index (χ0) is 15.2. The van der Waals surface area contributed by atoms with Crippen molar-refractivity contribution in [1.29, 1.82) is 0 Å². The summed E-state index contributed by atoms with van der Waals surface area (Å²) in [6.07, 6.45) is 0.369. The smallest absolute Gasteiger partial charge is 0.203 e. The summed E-state index contributed by atoms with van der Waals surface area (Å²) >= 11 is 0. The molecular weight excluding hydrogens is 271 g/mol. The molecule has 0 aliphatic carbocycles. The Labute approximate surface area is 122 Å². The normalized spacial score (nSPS) is 10.2. The van der Waals surface area contributed by atoms with Gasteiger partial charge < -0.3 is 4.74 Å². The molecule has 0 aliphatic heterocycles. The first-order valence-corrected chi connectivity index (χ1v) is 6.55. The Morgan fingerprint density at radius 1 is 1.05 bits per heavy atom. The molecule has 108 valence electrons. The van der Waals surface area contributed by atoms with Gasteiger partial charge in [-0.25, -0.2) is 4.39 Å². The third-order valence-corrected chi connectivity index (χ3v) is 2.92. The summed E-state index contributed by atoms with van der Waals surface area (Å²) in [6, 6.07) is 12.7. The topological polar surface area (TPSA) is 43.4 Å². The fourth-order valence-corrected chi connectivity index (χ4v) is 1.90. The van der Waals surface area contributed by atoms with E-state index < -0.39 is 11.6 Å². The lowest BCUT2D eigenvalue weighted by molar-refractivity contribution is -0.116. The van der Waals surface area contributed by atoms with Gasteiger partial charge >= 0.3 is 0 Å². The average molecular weight is 286 g/mol. The lowest BCUT2D eigenvalue weighted by Crippen LogP contribution is -2.13. The van der Waals surface area contributed by atoms with Crippen molar-refractivity contribution in [3.05, 3.63) is 65.5 Å². The van der Waals surface area contributed by atoms with Gasteiger partial charge in [-0.2, -0.15) is 0 Å². The monoisotopic (exact) mass is 286 g/mol. The summed E-state index contributed by atoms with van der Waals surface area (Å²) in [6.45, 7) is 1.30. The van der Waals surface area contributed by atoms with E-state index >= 15 is 0 Å². The molecule has 0 aromatic heterocycles. The van der Waals surface area contributed by atoms with Crippen LogP contribution in [0.4, 0.5) is 4.39 Å². The highest BCUT2D eigenvalue weighted by molar-refractivity contribution is 5.97.